The molecule has 4 atom stereocenters. The molecule has 0 aromatic carbocycles. The van der Waals surface area contributed by atoms with Crippen LogP contribution in [0.2, 0.25) is 0 Å². The average Bonchev–Trinajstić information content (AvgIpc) is 2.47. The molecular weight excluding hydrogens is 180 g/mol. The zero-order chi connectivity index (χ0) is 10.3. The van der Waals surface area contributed by atoms with Gasteiger partial charge >= 0.3 is 0 Å². The molecule has 0 radical (unpaired) electrons. The number of hydrogen-bond acceptors (Lipinski definition) is 0. The van der Waals surface area contributed by atoms with E-state index in [4.69, 9.17) is 0 Å². The van der Waals surface area contributed by atoms with Gasteiger partial charge in [-0.1, -0.05) is 37.1 Å². The van der Waals surface area contributed by atoms with Crippen LogP contribution in [-0.4, -0.2) is 0 Å². The highest BCUT2D eigenvalue weighted by Crippen LogP contribution is 2.51. The molecule has 0 nitrogen and oxygen atoms in total. The summed E-state index contributed by atoms with van der Waals surface area (Å²) in [5.41, 5.74) is 1.79. The van der Waals surface area contributed by atoms with E-state index in [-0.39, 0.29) is 0 Å². The van der Waals surface area contributed by atoms with Crippen molar-refractivity contribution < 1.29 is 0 Å². The first-order valence-electron chi connectivity index (χ1n) is 6.73. The normalized spacial score (nSPS) is 44.2. The molecule has 0 aliphatic heterocycles. The number of allylic oxidation sites excluding steroid dienone is 4. The van der Waals surface area contributed by atoms with Gasteiger partial charge in [0.05, 0.1) is 0 Å². The molecule has 0 heteroatoms. The molecule has 3 rings (SSSR count). The summed E-state index contributed by atoms with van der Waals surface area (Å²) in [5, 5.41) is 0. The number of rotatable bonds is 0. The van der Waals surface area contributed by atoms with Crippen molar-refractivity contribution >= 4 is 0 Å². The Morgan fingerprint density at radius 2 is 2.07 bits per heavy atom. The van der Waals surface area contributed by atoms with Crippen LogP contribution in [0.25, 0.3) is 0 Å². The van der Waals surface area contributed by atoms with Crippen LogP contribution in [0.4, 0.5) is 0 Å². The van der Waals surface area contributed by atoms with Gasteiger partial charge in [0, 0.05) is 0 Å². The lowest BCUT2D eigenvalue weighted by molar-refractivity contribution is 0.307. The van der Waals surface area contributed by atoms with Crippen molar-refractivity contribution in [3.8, 4) is 0 Å². The Balaban J connectivity index is 1.96. The van der Waals surface area contributed by atoms with Crippen LogP contribution in [0.1, 0.15) is 45.4 Å². The van der Waals surface area contributed by atoms with Crippen molar-refractivity contribution in [3.63, 3.8) is 0 Å². The van der Waals surface area contributed by atoms with Gasteiger partial charge in [-0.2, -0.15) is 0 Å². The second kappa shape index (κ2) is 3.81. The van der Waals surface area contributed by atoms with Gasteiger partial charge in [-0.05, 0) is 55.8 Å². The van der Waals surface area contributed by atoms with Crippen molar-refractivity contribution in [3.05, 3.63) is 23.8 Å². The fraction of sp³-hybridized carbons (Fsp3) is 0.733. The zero-order valence-electron chi connectivity index (χ0n) is 9.78. The molecular formula is C15H22. The molecule has 3 aliphatic carbocycles. The SMILES string of the molecule is C[C@H]1C=CC=C2CCCCC3CCC1C23. The molecule has 2 saturated carbocycles. The van der Waals surface area contributed by atoms with Crippen LogP contribution in [0.15, 0.2) is 23.8 Å². The second-order valence-corrected chi connectivity index (χ2v) is 5.76. The Morgan fingerprint density at radius 1 is 1.13 bits per heavy atom. The molecule has 0 aromatic rings. The quantitative estimate of drug-likeness (QED) is 0.548. The monoisotopic (exact) mass is 202 g/mol. The van der Waals surface area contributed by atoms with E-state index in [1.54, 1.807) is 5.57 Å². The third-order valence-electron chi connectivity index (χ3n) is 4.96. The minimum atomic E-state index is 0.812. The largest absolute Gasteiger partial charge is 0.0814 e. The summed E-state index contributed by atoms with van der Waals surface area (Å²) in [6.07, 6.45) is 16.0. The van der Waals surface area contributed by atoms with Crippen LogP contribution >= 0.6 is 0 Å². The first-order chi connectivity index (χ1) is 7.36. The highest BCUT2D eigenvalue weighted by atomic mass is 14.5. The molecule has 2 fully saturated rings. The maximum absolute atomic E-state index is 2.45. The summed E-state index contributed by atoms with van der Waals surface area (Å²) in [6, 6.07) is 0. The van der Waals surface area contributed by atoms with E-state index >= 15 is 0 Å². The average molecular weight is 202 g/mol. The van der Waals surface area contributed by atoms with Crippen molar-refractivity contribution in [2.75, 3.05) is 0 Å². The van der Waals surface area contributed by atoms with E-state index in [0.717, 1.165) is 23.7 Å². The summed E-state index contributed by atoms with van der Waals surface area (Å²) in [5.74, 6) is 3.77. The Labute approximate surface area is 93.5 Å². The second-order valence-electron chi connectivity index (χ2n) is 5.76. The minimum Gasteiger partial charge on any atom is -0.0814 e. The Bertz CT molecular complexity index is 297. The molecule has 0 spiro atoms. The topological polar surface area (TPSA) is 0 Å². The van der Waals surface area contributed by atoms with E-state index in [0.29, 0.717) is 0 Å². The van der Waals surface area contributed by atoms with E-state index in [1.165, 1.54) is 38.5 Å². The summed E-state index contributed by atoms with van der Waals surface area (Å²) in [6.45, 7) is 2.42. The van der Waals surface area contributed by atoms with Crippen LogP contribution in [0, 0.1) is 23.7 Å². The zero-order valence-corrected chi connectivity index (χ0v) is 9.78. The van der Waals surface area contributed by atoms with Crippen molar-refractivity contribution in [2.45, 2.75) is 45.4 Å². The Kier molecular flexibility index (Phi) is 2.46. The molecule has 0 aromatic heterocycles. The molecule has 82 valence electrons. The first-order valence-corrected chi connectivity index (χ1v) is 6.73. The maximum Gasteiger partial charge on any atom is -0.0138 e. The van der Waals surface area contributed by atoms with Crippen LogP contribution in [0.3, 0.4) is 0 Å². The molecule has 0 bridgehead atoms. The molecule has 15 heavy (non-hydrogen) atoms. The molecule has 0 heterocycles. The van der Waals surface area contributed by atoms with Crippen molar-refractivity contribution in [1.29, 1.82) is 0 Å². The fourth-order valence-electron chi connectivity index (χ4n) is 4.20. The summed E-state index contributed by atoms with van der Waals surface area (Å²) < 4.78 is 0. The van der Waals surface area contributed by atoms with Crippen molar-refractivity contribution in [1.82, 2.24) is 0 Å². The van der Waals surface area contributed by atoms with Gasteiger partial charge in [0.1, 0.15) is 0 Å². The van der Waals surface area contributed by atoms with Gasteiger partial charge in [-0.3, -0.25) is 0 Å². The smallest absolute Gasteiger partial charge is 0.0138 e. The van der Waals surface area contributed by atoms with E-state index in [9.17, 15) is 0 Å². The lowest BCUT2D eigenvalue weighted by Gasteiger charge is -2.27. The fourth-order valence-corrected chi connectivity index (χ4v) is 4.20. The molecule has 3 unspecified atom stereocenters. The number of hydrogen-bond donors (Lipinski definition) is 0. The third-order valence-corrected chi connectivity index (χ3v) is 4.96. The van der Waals surface area contributed by atoms with Crippen LogP contribution in [0.5, 0.6) is 0 Å². The summed E-state index contributed by atoms with van der Waals surface area (Å²) in [4.78, 5) is 0. The van der Waals surface area contributed by atoms with E-state index < -0.39 is 0 Å². The van der Waals surface area contributed by atoms with Gasteiger partial charge in [-0.25, -0.2) is 0 Å². The minimum absolute atomic E-state index is 0.812. The van der Waals surface area contributed by atoms with Gasteiger partial charge in [0.15, 0.2) is 0 Å². The maximum atomic E-state index is 2.45. The molecule has 0 N–H and O–H groups in total. The standard InChI is InChI=1S/C15H22/c1-11-5-4-8-12-6-2-3-7-13-9-10-14(11)15(12)13/h4-5,8,11,13-15H,2-3,6-7,9-10H2,1H3/t11-,13?,14?,15?/m0/s1. The van der Waals surface area contributed by atoms with E-state index in [2.05, 4.69) is 25.2 Å². The van der Waals surface area contributed by atoms with Gasteiger partial charge in [-0.15, -0.1) is 0 Å². The third kappa shape index (κ3) is 1.58. The highest BCUT2D eigenvalue weighted by molar-refractivity contribution is 5.23. The lowest BCUT2D eigenvalue weighted by atomic mass is 9.78. The van der Waals surface area contributed by atoms with Crippen LogP contribution in [-0.2, 0) is 0 Å². The summed E-state index contributed by atoms with van der Waals surface area (Å²) >= 11 is 0. The van der Waals surface area contributed by atoms with Gasteiger partial charge in [0.2, 0.25) is 0 Å². The highest BCUT2D eigenvalue weighted by Gasteiger charge is 2.40. The lowest BCUT2D eigenvalue weighted by Crippen LogP contribution is -2.19. The predicted octanol–water partition coefficient (Wildman–Crippen LogP) is 4.34. The van der Waals surface area contributed by atoms with E-state index in [1.807, 2.05) is 0 Å². The predicted molar refractivity (Wildman–Crippen MR) is 64.6 cm³/mol. The Hall–Kier alpha value is -0.520. The van der Waals surface area contributed by atoms with Crippen LogP contribution < -0.4 is 0 Å². The van der Waals surface area contributed by atoms with Crippen molar-refractivity contribution in [2.24, 2.45) is 23.7 Å². The molecule has 0 amide bonds. The molecule has 3 aliphatic rings. The first kappa shape index (κ1) is 9.69. The van der Waals surface area contributed by atoms with Gasteiger partial charge < -0.3 is 0 Å². The molecule has 0 saturated heterocycles. The summed E-state index contributed by atoms with van der Waals surface area (Å²) in [7, 11) is 0. The Morgan fingerprint density at radius 3 is 3.00 bits per heavy atom. The van der Waals surface area contributed by atoms with Gasteiger partial charge in [0.25, 0.3) is 0 Å².